The number of hydrogen-bond acceptors (Lipinski definition) is 3. The largest absolute Gasteiger partial charge is 0.493 e. The average Bonchev–Trinajstić information content (AvgIpc) is 2.55. The van der Waals surface area contributed by atoms with Gasteiger partial charge in [-0.2, -0.15) is 0 Å². The molecule has 3 rings (SSSR count). The summed E-state index contributed by atoms with van der Waals surface area (Å²) in [5.41, 5.74) is 1.20. The van der Waals surface area contributed by atoms with Gasteiger partial charge in [0.1, 0.15) is 16.9 Å². The summed E-state index contributed by atoms with van der Waals surface area (Å²) in [7, 11) is 0. The second kappa shape index (κ2) is 6.65. The first-order valence-electron chi connectivity index (χ1n) is 7.88. The second-order valence-electron chi connectivity index (χ2n) is 5.49. The Kier molecular flexibility index (Phi) is 4.42. The van der Waals surface area contributed by atoms with E-state index in [-0.39, 0.29) is 5.43 Å². The van der Waals surface area contributed by atoms with Crippen LogP contribution in [0, 0.1) is 0 Å². The minimum absolute atomic E-state index is 0.00588. The highest BCUT2D eigenvalue weighted by molar-refractivity contribution is 5.90. The first-order chi connectivity index (χ1) is 10.8. The highest BCUT2D eigenvalue weighted by Gasteiger charge is 2.08. The van der Waals surface area contributed by atoms with Crippen molar-refractivity contribution in [1.82, 2.24) is 0 Å². The van der Waals surface area contributed by atoms with Gasteiger partial charge in [0.2, 0.25) is 5.43 Å². The Morgan fingerprint density at radius 1 is 0.955 bits per heavy atom. The quantitative estimate of drug-likeness (QED) is 0.479. The molecule has 0 saturated heterocycles. The van der Waals surface area contributed by atoms with E-state index in [0.29, 0.717) is 28.5 Å². The van der Waals surface area contributed by atoms with Crippen LogP contribution in [0.4, 0.5) is 0 Å². The first kappa shape index (κ1) is 14.6. The minimum Gasteiger partial charge on any atom is -0.493 e. The van der Waals surface area contributed by atoms with Crippen LogP contribution in [0.1, 0.15) is 32.6 Å². The molecule has 0 N–H and O–H groups in total. The van der Waals surface area contributed by atoms with E-state index in [0.717, 1.165) is 12.2 Å². The van der Waals surface area contributed by atoms with Crippen molar-refractivity contribution >= 4 is 21.9 Å². The lowest BCUT2D eigenvalue weighted by Crippen LogP contribution is -2.02. The fourth-order valence-electron chi connectivity index (χ4n) is 2.59. The topological polar surface area (TPSA) is 39.4 Å². The molecular formula is C19H20O3. The molecule has 1 aromatic heterocycles. The summed E-state index contributed by atoms with van der Waals surface area (Å²) >= 11 is 0. The van der Waals surface area contributed by atoms with Crippen molar-refractivity contribution in [2.75, 3.05) is 6.61 Å². The van der Waals surface area contributed by atoms with Crippen LogP contribution < -0.4 is 10.2 Å². The zero-order valence-corrected chi connectivity index (χ0v) is 12.8. The third kappa shape index (κ3) is 2.98. The Morgan fingerprint density at radius 3 is 2.64 bits per heavy atom. The summed E-state index contributed by atoms with van der Waals surface area (Å²) in [6.07, 6.45) is 4.69. The van der Waals surface area contributed by atoms with Gasteiger partial charge in [-0.1, -0.05) is 38.3 Å². The van der Waals surface area contributed by atoms with Gasteiger partial charge in [0.15, 0.2) is 0 Å². The van der Waals surface area contributed by atoms with Crippen molar-refractivity contribution in [1.29, 1.82) is 0 Å². The summed E-state index contributed by atoms with van der Waals surface area (Å²) < 4.78 is 11.6. The molecule has 0 saturated carbocycles. The van der Waals surface area contributed by atoms with E-state index in [1.807, 2.05) is 30.3 Å². The van der Waals surface area contributed by atoms with Crippen LogP contribution in [-0.2, 0) is 0 Å². The van der Waals surface area contributed by atoms with Crippen LogP contribution in [0.5, 0.6) is 5.75 Å². The van der Waals surface area contributed by atoms with Gasteiger partial charge in [-0.15, -0.1) is 0 Å². The van der Waals surface area contributed by atoms with Crippen LogP contribution in [0.15, 0.2) is 51.7 Å². The minimum atomic E-state index is 0.00588. The van der Waals surface area contributed by atoms with E-state index < -0.39 is 0 Å². The Morgan fingerprint density at radius 2 is 1.77 bits per heavy atom. The van der Waals surface area contributed by atoms with Crippen LogP contribution >= 0.6 is 0 Å². The molecule has 0 bridgehead atoms. The molecule has 22 heavy (non-hydrogen) atoms. The zero-order valence-electron chi connectivity index (χ0n) is 12.8. The summed E-state index contributed by atoms with van der Waals surface area (Å²) in [6, 6.07) is 12.8. The van der Waals surface area contributed by atoms with Gasteiger partial charge in [0.25, 0.3) is 0 Å². The lowest BCUT2D eigenvalue weighted by Gasteiger charge is -2.07. The van der Waals surface area contributed by atoms with Gasteiger partial charge in [0.05, 0.1) is 17.4 Å². The maximum absolute atomic E-state index is 12.4. The van der Waals surface area contributed by atoms with Crippen LogP contribution in [0.2, 0.25) is 0 Å². The molecule has 3 aromatic rings. The summed E-state index contributed by atoms with van der Waals surface area (Å²) in [4.78, 5) is 12.4. The molecule has 0 fully saturated rings. The molecule has 0 unspecified atom stereocenters. The predicted octanol–water partition coefficient (Wildman–Crippen LogP) is 4.91. The van der Waals surface area contributed by atoms with Crippen LogP contribution in [0.3, 0.4) is 0 Å². The maximum atomic E-state index is 12.4. The molecule has 3 heteroatoms. The number of rotatable bonds is 6. The number of unbranched alkanes of at least 4 members (excludes halogenated alkanes) is 3. The molecular weight excluding hydrogens is 276 g/mol. The molecule has 0 amide bonds. The Labute approximate surface area is 129 Å². The normalized spacial score (nSPS) is 11.1. The molecule has 0 aliphatic carbocycles. The lowest BCUT2D eigenvalue weighted by molar-refractivity contribution is 0.305. The smallest absolute Gasteiger partial charge is 0.200 e. The average molecular weight is 296 g/mol. The standard InChI is InChI=1S/C19H20O3/c1-2-3-4-7-12-21-14-10-11-16-18(13-14)22-17-9-6-5-8-15(17)19(16)20/h5-6,8-11,13H,2-4,7,12H2,1H3. The second-order valence-corrected chi connectivity index (χ2v) is 5.49. The predicted molar refractivity (Wildman–Crippen MR) is 89.6 cm³/mol. The van der Waals surface area contributed by atoms with Crippen LogP contribution in [0.25, 0.3) is 21.9 Å². The van der Waals surface area contributed by atoms with Crippen molar-refractivity contribution in [2.24, 2.45) is 0 Å². The third-order valence-corrected chi connectivity index (χ3v) is 3.82. The van der Waals surface area contributed by atoms with Crippen molar-refractivity contribution in [3.05, 3.63) is 52.7 Å². The van der Waals surface area contributed by atoms with E-state index in [1.165, 1.54) is 19.3 Å². The number of benzene rings is 2. The summed E-state index contributed by atoms with van der Waals surface area (Å²) in [6.45, 7) is 2.89. The van der Waals surface area contributed by atoms with E-state index in [9.17, 15) is 4.79 Å². The summed E-state index contributed by atoms with van der Waals surface area (Å²) in [5, 5.41) is 1.21. The Hall–Kier alpha value is -2.29. The zero-order chi connectivity index (χ0) is 15.4. The Balaban J connectivity index is 1.86. The van der Waals surface area contributed by atoms with E-state index in [1.54, 1.807) is 12.1 Å². The highest BCUT2D eigenvalue weighted by atomic mass is 16.5. The SMILES string of the molecule is CCCCCCOc1ccc2c(=O)c3ccccc3oc2c1. The van der Waals surface area contributed by atoms with Gasteiger partial charge < -0.3 is 9.15 Å². The molecule has 0 spiro atoms. The van der Waals surface area contributed by atoms with Gasteiger partial charge in [-0.05, 0) is 30.7 Å². The fourth-order valence-corrected chi connectivity index (χ4v) is 2.59. The van der Waals surface area contributed by atoms with E-state index >= 15 is 0 Å². The number of para-hydroxylation sites is 1. The van der Waals surface area contributed by atoms with Gasteiger partial charge in [0, 0.05) is 6.07 Å². The highest BCUT2D eigenvalue weighted by Crippen LogP contribution is 2.23. The molecule has 1 heterocycles. The van der Waals surface area contributed by atoms with Crippen molar-refractivity contribution in [3.63, 3.8) is 0 Å². The van der Waals surface area contributed by atoms with Gasteiger partial charge >= 0.3 is 0 Å². The number of hydrogen-bond donors (Lipinski definition) is 0. The Bertz CT molecular complexity index is 833. The van der Waals surface area contributed by atoms with E-state index in [2.05, 4.69) is 6.92 Å². The summed E-state index contributed by atoms with van der Waals surface area (Å²) in [5.74, 6) is 0.752. The molecule has 0 atom stereocenters. The monoisotopic (exact) mass is 296 g/mol. The van der Waals surface area contributed by atoms with Crippen molar-refractivity contribution in [3.8, 4) is 5.75 Å². The van der Waals surface area contributed by atoms with E-state index in [4.69, 9.17) is 9.15 Å². The fraction of sp³-hybridized carbons (Fsp3) is 0.316. The molecule has 0 aliphatic heterocycles. The van der Waals surface area contributed by atoms with Gasteiger partial charge in [-0.3, -0.25) is 4.79 Å². The lowest BCUT2D eigenvalue weighted by atomic mass is 10.1. The van der Waals surface area contributed by atoms with Crippen molar-refractivity contribution in [2.45, 2.75) is 32.6 Å². The number of ether oxygens (including phenoxy) is 1. The van der Waals surface area contributed by atoms with Gasteiger partial charge in [-0.25, -0.2) is 0 Å². The molecule has 2 aromatic carbocycles. The van der Waals surface area contributed by atoms with Crippen molar-refractivity contribution < 1.29 is 9.15 Å². The molecule has 0 radical (unpaired) electrons. The van der Waals surface area contributed by atoms with Crippen LogP contribution in [-0.4, -0.2) is 6.61 Å². The molecule has 3 nitrogen and oxygen atoms in total. The molecule has 114 valence electrons. The molecule has 0 aliphatic rings. The number of fused-ring (bicyclic) bond motifs is 2. The maximum Gasteiger partial charge on any atom is 0.200 e. The first-order valence-corrected chi connectivity index (χ1v) is 7.88. The third-order valence-electron chi connectivity index (χ3n) is 3.82.